The fourth-order valence-corrected chi connectivity index (χ4v) is 12.3. The van der Waals surface area contributed by atoms with Crippen LogP contribution in [-0.4, -0.2) is 44.4 Å². The van der Waals surface area contributed by atoms with E-state index in [0.29, 0.717) is 0 Å². The molecule has 0 saturated carbocycles. The van der Waals surface area contributed by atoms with E-state index < -0.39 is 28.5 Å². The third-order valence-corrected chi connectivity index (χ3v) is 16.4. The van der Waals surface area contributed by atoms with E-state index in [2.05, 4.69) is 99.4 Å². The minimum atomic E-state index is -1.30. The molecule has 0 fully saturated rings. The summed E-state index contributed by atoms with van der Waals surface area (Å²) in [6, 6.07) is 28.3. The maximum absolute atomic E-state index is 11.7. The Hall–Kier alpha value is -2.36. The van der Waals surface area contributed by atoms with Crippen molar-refractivity contribution in [3.8, 4) is 21.7 Å². The van der Waals surface area contributed by atoms with Gasteiger partial charge >= 0.3 is 210 Å². The van der Waals surface area contributed by atoms with Gasteiger partial charge < -0.3 is 5.11 Å². The van der Waals surface area contributed by atoms with Crippen LogP contribution in [0.2, 0.25) is 19.6 Å². The fraction of sp³-hybridized carbons (Fsp3) is 0.333. The number of ketones is 1. The summed E-state index contributed by atoms with van der Waals surface area (Å²) in [5.74, 6) is 0.547. The number of pyridine rings is 1. The number of hydrogen-bond donors (Lipinski definition) is 1. The maximum Gasteiger partial charge on any atom is 0 e. The van der Waals surface area contributed by atoms with E-state index in [9.17, 15) is 9.90 Å². The third-order valence-electron chi connectivity index (χ3n) is 9.52. The number of carbonyl (C=O) groups is 1. The average molecular weight is 979 g/mol. The molecule has 3 aromatic carbocycles. The molecule has 49 heavy (non-hydrogen) atoms. The van der Waals surface area contributed by atoms with Gasteiger partial charge in [0, 0.05) is 38.0 Å². The Balaban J connectivity index is 0.000000290. The van der Waals surface area contributed by atoms with E-state index in [1.807, 2.05) is 45.2 Å². The fourth-order valence-electron chi connectivity index (χ4n) is 6.37. The van der Waals surface area contributed by atoms with Crippen LogP contribution < -0.4 is 5.19 Å². The van der Waals surface area contributed by atoms with Crippen molar-refractivity contribution in [3.63, 3.8) is 0 Å². The van der Waals surface area contributed by atoms with Gasteiger partial charge in [0.15, 0.2) is 5.78 Å². The van der Waals surface area contributed by atoms with Crippen LogP contribution >= 0.6 is 11.3 Å². The predicted molar refractivity (Wildman–Crippen MR) is 213 cm³/mol. The first-order chi connectivity index (χ1) is 23.0. The van der Waals surface area contributed by atoms with Gasteiger partial charge in [-0.05, 0) is 25.7 Å². The number of aromatic nitrogens is 1. The Morgan fingerprint density at radius 3 is 2.18 bits per heavy atom. The van der Waals surface area contributed by atoms with E-state index in [1.54, 1.807) is 0 Å². The van der Waals surface area contributed by atoms with Gasteiger partial charge in [0.1, 0.15) is 0 Å². The molecule has 3 nitrogen and oxygen atoms in total. The van der Waals surface area contributed by atoms with Crippen LogP contribution in [0.25, 0.3) is 49.4 Å². The number of thiophene rings is 1. The summed E-state index contributed by atoms with van der Waals surface area (Å²) in [5, 5.41) is 15.4. The van der Waals surface area contributed by atoms with Gasteiger partial charge in [0.2, 0.25) is 0 Å². The number of aliphatic hydroxyl groups excluding tert-OH is 1. The summed E-state index contributed by atoms with van der Waals surface area (Å²) in [7, 11) is -1.30. The number of fused-ring (bicyclic) bond motifs is 4. The van der Waals surface area contributed by atoms with Crippen LogP contribution in [0.1, 0.15) is 58.9 Å². The maximum atomic E-state index is 11.7. The number of allylic oxidation sites excluding steroid dienone is 2. The molecule has 0 atom stereocenters. The minimum Gasteiger partial charge on any atom is 0 e. The molecule has 0 aliphatic rings. The van der Waals surface area contributed by atoms with Crippen molar-refractivity contribution >= 4 is 78.5 Å². The van der Waals surface area contributed by atoms with Crippen molar-refractivity contribution in [2.45, 2.75) is 79.9 Å². The van der Waals surface area contributed by atoms with Crippen LogP contribution in [0.5, 0.6) is 0 Å². The molecular weight excluding hydrogens is 930 g/mol. The van der Waals surface area contributed by atoms with E-state index >= 15 is 0 Å². The molecule has 3 aromatic heterocycles. The quantitative estimate of drug-likeness (QED) is 0.0644. The standard InChI is InChI=1S/C29H24NSSiTe.C13H24O2.Ir/c1-18-21-16-17-30-26(24-10-7-9-23-22-8-5-6-11-25(22)33-29(23)24)28(21)31-27(18)19-12-14-20(15-13-19)32(2,3)4;1-5-10(6-2)12(14)9-13(15)11(7-3)8-4;/h5-9,11-17H,1-4H3;9-11,14H,5-8H2,1-4H3;/q-1;;/b;12-9-;. The Bertz CT molecular complexity index is 2060. The summed E-state index contributed by atoms with van der Waals surface area (Å²) in [6.45, 7) is 17.5. The third kappa shape index (κ3) is 8.58. The molecule has 0 aliphatic carbocycles. The van der Waals surface area contributed by atoms with Crippen molar-refractivity contribution in [2.75, 3.05) is 0 Å². The molecule has 0 amide bonds. The summed E-state index contributed by atoms with van der Waals surface area (Å²) in [6.07, 6.45) is 6.88. The van der Waals surface area contributed by atoms with Gasteiger partial charge in [-0.25, -0.2) is 0 Å². The normalized spacial score (nSPS) is 12.1. The molecule has 7 heteroatoms. The topological polar surface area (TPSA) is 50.2 Å². The number of aliphatic hydroxyl groups is 1. The van der Waals surface area contributed by atoms with Gasteiger partial charge in [-0.15, -0.1) is 0 Å². The van der Waals surface area contributed by atoms with Crippen molar-refractivity contribution in [1.82, 2.24) is 4.98 Å². The van der Waals surface area contributed by atoms with E-state index in [-0.39, 0.29) is 43.5 Å². The molecule has 0 spiro atoms. The summed E-state index contributed by atoms with van der Waals surface area (Å²) in [5.41, 5.74) is 4.97. The van der Waals surface area contributed by atoms with Crippen LogP contribution in [0.3, 0.4) is 0 Å². The second kappa shape index (κ2) is 17.2. The Kier molecular flexibility index (Phi) is 13.9. The number of hydrogen-bond acceptors (Lipinski definition) is 4. The van der Waals surface area contributed by atoms with E-state index in [0.717, 1.165) is 31.4 Å². The van der Waals surface area contributed by atoms with Gasteiger partial charge in [0.25, 0.3) is 0 Å². The minimum absolute atomic E-state index is 0. The van der Waals surface area contributed by atoms with Crippen molar-refractivity contribution < 1.29 is 30.0 Å². The second-order valence-electron chi connectivity index (χ2n) is 13.6. The Morgan fingerprint density at radius 2 is 1.55 bits per heavy atom. The van der Waals surface area contributed by atoms with Gasteiger partial charge in [-0.3, -0.25) is 4.79 Å². The molecule has 1 N–H and O–H groups in total. The van der Waals surface area contributed by atoms with Crippen molar-refractivity contribution in [3.05, 3.63) is 96.4 Å². The smallest absolute Gasteiger partial charge is 0 e. The van der Waals surface area contributed by atoms with E-state index in [4.69, 9.17) is 4.98 Å². The number of rotatable bonds is 10. The van der Waals surface area contributed by atoms with Gasteiger partial charge in [0.05, 0.1) is 5.76 Å². The summed E-state index contributed by atoms with van der Waals surface area (Å²) < 4.78 is 4.29. The number of aryl methyl sites for hydroxylation is 1. The van der Waals surface area contributed by atoms with E-state index in [1.165, 1.54) is 60.5 Å². The van der Waals surface area contributed by atoms with Crippen molar-refractivity contribution in [1.29, 1.82) is 0 Å². The van der Waals surface area contributed by atoms with Crippen molar-refractivity contribution in [2.24, 2.45) is 11.8 Å². The summed E-state index contributed by atoms with van der Waals surface area (Å²) >= 11 is 1.45. The largest absolute Gasteiger partial charge is 0 e. The van der Waals surface area contributed by atoms with Crippen LogP contribution in [-0.2, 0) is 24.9 Å². The number of carbonyl (C=O) groups excluding carboxylic acids is 1. The zero-order valence-corrected chi connectivity index (χ0v) is 36.5. The SMILES string of the molecule is CCC(CC)C(=O)/C=C(\O)C(CC)CC.Cc1c(-c2ccc([Si](C)(C)C)cc2)sc2c(-c3[c-]ccc4c3[te]c3ccccc34)nccc12.[Ir]. The molecule has 6 rings (SSSR count). The molecule has 0 saturated heterocycles. The molecular formula is C42H48IrNO2SSiTe-. The first-order valence-corrected chi connectivity index (χ1v) is 23.9. The molecule has 0 unspecified atom stereocenters. The molecule has 3 heterocycles. The number of benzene rings is 3. The number of nitrogens with zero attached hydrogens (tertiary/aromatic N) is 1. The molecule has 1 radical (unpaired) electrons. The van der Waals surface area contributed by atoms with Crippen LogP contribution in [0, 0.1) is 24.8 Å². The second-order valence-corrected chi connectivity index (χ2v) is 22.7. The summed E-state index contributed by atoms with van der Waals surface area (Å²) in [4.78, 5) is 18.0. The zero-order valence-electron chi connectivity index (χ0n) is 29.9. The molecule has 259 valence electrons. The van der Waals surface area contributed by atoms with Crippen LogP contribution in [0.4, 0.5) is 0 Å². The molecule has 0 bridgehead atoms. The van der Waals surface area contributed by atoms with Gasteiger partial charge in [-0.1, -0.05) is 27.7 Å². The van der Waals surface area contributed by atoms with Gasteiger partial charge in [-0.2, -0.15) is 0 Å². The van der Waals surface area contributed by atoms with Crippen LogP contribution in [0.15, 0.2) is 84.8 Å². The first kappa shape index (κ1) is 39.4. The zero-order chi connectivity index (χ0) is 34.6. The Labute approximate surface area is 320 Å². The molecule has 6 aromatic rings. The molecule has 0 aliphatic heterocycles. The Morgan fingerprint density at radius 1 is 0.898 bits per heavy atom. The predicted octanol–water partition coefficient (Wildman–Crippen LogP) is 11.5. The first-order valence-electron chi connectivity index (χ1n) is 17.3. The monoisotopic (exact) mass is 981 g/mol. The average Bonchev–Trinajstić information content (AvgIpc) is 3.63.